The summed E-state index contributed by atoms with van der Waals surface area (Å²) in [6, 6.07) is 0.665. The van der Waals surface area contributed by atoms with Crippen molar-refractivity contribution in [1.29, 1.82) is 0 Å². The molecule has 0 bridgehead atoms. The number of rotatable bonds is 3. The Morgan fingerprint density at radius 2 is 2.36 bits per heavy atom. The fourth-order valence-corrected chi connectivity index (χ4v) is 2.58. The summed E-state index contributed by atoms with van der Waals surface area (Å²) in [5.74, 6) is 0.283. The Morgan fingerprint density at radius 3 is 3.14 bits per heavy atom. The molecule has 1 amide bonds. The summed E-state index contributed by atoms with van der Waals surface area (Å²) in [6.07, 6.45) is 4.11. The minimum absolute atomic E-state index is 0.150. The molecular formula is C10H18N2O2. The highest BCUT2D eigenvalue weighted by Gasteiger charge is 2.40. The number of aliphatic hydroxyl groups is 1. The number of piperidine rings is 1. The molecule has 80 valence electrons. The van der Waals surface area contributed by atoms with E-state index in [9.17, 15) is 4.79 Å². The van der Waals surface area contributed by atoms with Gasteiger partial charge in [-0.3, -0.25) is 4.79 Å². The number of hydrogen-bond acceptors (Lipinski definition) is 3. The van der Waals surface area contributed by atoms with E-state index in [1.807, 2.05) is 4.90 Å². The molecule has 0 radical (unpaired) electrons. The van der Waals surface area contributed by atoms with Gasteiger partial charge in [0.05, 0.1) is 6.61 Å². The van der Waals surface area contributed by atoms with E-state index in [4.69, 9.17) is 5.11 Å². The molecular weight excluding hydrogens is 180 g/mol. The lowest BCUT2D eigenvalue weighted by molar-refractivity contribution is -0.129. The molecule has 2 unspecified atom stereocenters. The van der Waals surface area contributed by atoms with Crippen molar-refractivity contribution in [2.24, 2.45) is 0 Å². The standard InChI is InChI=1S/C10H18N2O2/c13-6-4-11-8-7-10(14)12-5-2-1-3-9(8)12/h8-9,11,13H,1-7H2. The Morgan fingerprint density at radius 1 is 1.50 bits per heavy atom. The van der Waals surface area contributed by atoms with Gasteiger partial charge in [0, 0.05) is 31.6 Å². The first kappa shape index (κ1) is 9.93. The number of fused-ring (bicyclic) bond motifs is 1. The smallest absolute Gasteiger partial charge is 0.224 e. The largest absolute Gasteiger partial charge is 0.395 e. The van der Waals surface area contributed by atoms with Crippen LogP contribution in [-0.2, 0) is 4.79 Å². The van der Waals surface area contributed by atoms with E-state index < -0.39 is 0 Å². The highest BCUT2D eigenvalue weighted by Crippen LogP contribution is 2.27. The van der Waals surface area contributed by atoms with E-state index in [1.54, 1.807) is 0 Å². The highest BCUT2D eigenvalue weighted by molar-refractivity contribution is 5.80. The third-order valence-electron chi connectivity index (χ3n) is 3.25. The maximum Gasteiger partial charge on any atom is 0.224 e. The van der Waals surface area contributed by atoms with Crippen LogP contribution in [0.5, 0.6) is 0 Å². The van der Waals surface area contributed by atoms with Gasteiger partial charge in [-0.1, -0.05) is 0 Å². The second kappa shape index (κ2) is 4.28. The zero-order chi connectivity index (χ0) is 9.97. The molecule has 0 aromatic carbocycles. The molecule has 0 aromatic rings. The van der Waals surface area contributed by atoms with Crippen molar-refractivity contribution in [3.63, 3.8) is 0 Å². The van der Waals surface area contributed by atoms with Crippen molar-refractivity contribution in [3.8, 4) is 0 Å². The van der Waals surface area contributed by atoms with Gasteiger partial charge in [0.25, 0.3) is 0 Å². The van der Waals surface area contributed by atoms with Crippen molar-refractivity contribution in [2.75, 3.05) is 19.7 Å². The van der Waals surface area contributed by atoms with Gasteiger partial charge in [-0.15, -0.1) is 0 Å². The molecule has 2 N–H and O–H groups in total. The minimum atomic E-state index is 0.150. The summed E-state index contributed by atoms with van der Waals surface area (Å²) < 4.78 is 0. The number of hydrogen-bond donors (Lipinski definition) is 2. The third kappa shape index (κ3) is 1.77. The maximum absolute atomic E-state index is 11.6. The number of nitrogens with one attached hydrogen (secondary N) is 1. The number of carbonyl (C=O) groups is 1. The molecule has 2 aliphatic heterocycles. The first-order valence-electron chi connectivity index (χ1n) is 5.46. The van der Waals surface area contributed by atoms with Crippen LogP contribution in [0.4, 0.5) is 0 Å². The molecule has 14 heavy (non-hydrogen) atoms. The van der Waals surface area contributed by atoms with E-state index in [2.05, 4.69) is 5.32 Å². The first-order valence-corrected chi connectivity index (χ1v) is 5.46. The lowest BCUT2D eigenvalue weighted by Crippen LogP contribution is -2.46. The predicted molar refractivity (Wildman–Crippen MR) is 52.8 cm³/mol. The molecule has 2 heterocycles. The Bertz CT molecular complexity index is 220. The number of aliphatic hydroxyl groups excluding tert-OH is 1. The van der Waals surface area contributed by atoms with Crippen molar-refractivity contribution < 1.29 is 9.90 Å². The second-order valence-corrected chi connectivity index (χ2v) is 4.14. The molecule has 2 rings (SSSR count). The summed E-state index contributed by atoms with van der Waals surface area (Å²) >= 11 is 0. The van der Waals surface area contributed by atoms with E-state index in [-0.39, 0.29) is 18.6 Å². The quantitative estimate of drug-likeness (QED) is 0.656. The SMILES string of the molecule is O=C1CC(NCCO)C2CCCCN12. The van der Waals surface area contributed by atoms with Gasteiger partial charge in [0.1, 0.15) is 0 Å². The van der Waals surface area contributed by atoms with Crippen molar-refractivity contribution in [1.82, 2.24) is 10.2 Å². The average Bonchev–Trinajstić information content (AvgIpc) is 2.54. The fourth-order valence-electron chi connectivity index (χ4n) is 2.58. The van der Waals surface area contributed by atoms with Crippen molar-refractivity contribution >= 4 is 5.91 Å². The third-order valence-corrected chi connectivity index (χ3v) is 3.25. The second-order valence-electron chi connectivity index (χ2n) is 4.14. The summed E-state index contributed by atoms with van der Waals surface area (Å²) in [6.45, 7) is 1.68. The fraction of sp³-hybridized carbons (Fsp3) is 0.900. The van der Waals surface area contributed by atoms with Crippen LogP contribution < -0.4 is 5.32 Å². The van der Waals surface area contributed by atoms with Crippen LogP contribution in [0.1, 0.15) is 25.7 Å². The van der Waals surface area contributed by atoms with Gasteiger partial charge in [0.2, 0.25) is 5.91 Å². The van der Waals surface area contributed by atoms with Gasteiger partial charge < -0.3 is 15.3 Å². The Labute approximate surface area is 84.3 Å². The van der Waals surface area contributed by atoms with Crippen LogP contribution >= 0.6 is 0 Å². The summed E-state index contributed by atoms with van der Waals surface area (Å²) in [5.41, 5.74) is 0. The predicted octanol–water partition coefficient (Wildman–Crippen LogP) is -0.278. The molecule has 0 aromatic heterocycles. The van der Waals surface area contributed by atoms with E-state index in [0.29, 0.717) is 19.0 Å². The molecule has 4 heteroatoms. The highest BCUT2D eigenvalue weighted by atomic mass is 16.3. The molecule has 2 saturated heterocycles. The normalized spacial score (nSPS) is 32.1. The minimum Gasteiger partial charge on any atom is -0.395 e. The van der Waals surface area contributed by atoms with E-state index >= 15 is 0 Å². The zero-order valence-electron chi connectivity index (χ0n) is 8.41. The van der Waals surface area contributed by atoms with E-state index in [0.717, 1.165) is 19.4 Å². The van der Waals surface area contributed by atoms with Crippen LogP contribution in [0, 0.1) is 0 Å². The Hall–Kier alpha value is -0.610. The summed E-state index contributed by atoms with van der Waals surface area (Å²) in [5, 5.41) is 12.0. The van der Waals surface area contributed by atoms with Gasteiger partial charge in [-0.05, 0) is 19.3 Å². The van der Waals surface area contributed by atoms with Crippen molar-refractivity contribution in [3.05, 3.63) is 0 Å². The number of carbonyl (C=O) groups excluding carboxylic acids is 1. The van der Waals surface area contributed by atoms with Crippen LogP contribution in [0.15, 0.2) is 0 Å². The van der Waals surface area contributed by atoms with Crippen LogP contribution in [0.2, 0.25) is 0 Å². The average molecular weight is 198 g/mol. The van der Waals surface area contributed by atoms with Crippen LogP contribution in [-0.4, -0.2) is 47.7 Å². The summed E-state index contributed by atoms with van der Waals surface area (Å²) in [4.78, 5) is 13.6. The molecule has 0 saturated carbocycles. The van der Waals surface area contributed by atoms with Crippen molar-refractivity contribution in [2.45, 2.75) is 37.8 Å². The lowest BCUT2D eigenvalue weighted by atomic mass is 9.99. The topological polar surface area (TPSA) is 52.6 Å². The van der Waals surface area contributed by atoms with Crippen LogP contribution in [0.3, 0.4) is 0 Å². The molecule has 0 aliphatic carbocycles. The van der Waals surface area contributed by atoms with Gasteiger partial charge in [-0.25, -0.2) is 0 Å². The Balaban J connectivity index is 1.95. The van der Waals surface area contributed by atoms with Gasteiger partial charge in [-0.2, -0.15) is 0 Å². The molecule has 0 spiro atoms. The molecule has 2 atom stereocenters. The molecule has 4 nitrogen and oxygen atoms in total. The first-order chi connectivity index (χ1) is 6.83. The van der Waals surface area contributed by atoms with E-state index in [1.165, 1.54) is 6.42 Å². The number of amides is 1. The Kier molecular flexibility index (Phi) is 3.03. The lowest BCUT2D eigenvalue weighted by Gasteiger charge is -2.32. The zero-order valence-corrected chi connectivity index (χ0v) is 8.41. The van der Waals surface area contributed by atoms with Gasteiger partial charge >= 0.3 is 0 Å². The molecule has 2 aliphatic rings. The maximum atomic E-state index is 11.6. The molecule has 2 fully saturated rings. The number of nitrogens with zero attached hydrogens (tertiary/aromatic N) is 1. The summed E-state index contributed by atoms with van der Waals surface area (Å²) in [7, 11) is 0. The van der Waals surface area contributed by atoms with Gasteiger partial charge in [0.15, 0.2) is 0 Å². The monoisotopic (exact) mass is 198 g/mol. The van der Waals surface area contributed by atoms with Crippen LogP contribution in [0.25, 0.3) is 0 Å².